The molecule has 0 aliphatic heterocycles. The monoisotopic (exact) mass is 375 g/mol. The number of aromatic nitrogens is 6. The van der Waals surface area contributed by atoms with E-state index >= 15 is 0 Å². The number of rotatable bonds is 6. The number of hydrogen-bond donors (Lipinski definition) is 1. The normalized spacial score (nSPS) is 11.5. The van der Waals surface area contributed by atoms with Crippen LogP contribution in [-0.4, -0.2) is 42.1 Å². The maximum Gasteiger partial charge on any atom is 0.160 e. The number of anilines is 1. The predicted molar refractivity (Wildman–Crippen MR) is 111 cm³/mol. The Kier molecular flexibility index (Phi) is 4.81. The van der Waals surface area contributed by atoms with Crippen LogP contribution in [0.2, 0.25) is 0 Å². The summed E-state index contributed by atoms with van der Waals surface area (Å²) in [6.45, 7) is 10.00. The van der Waals surface area contributed by atoms with Crippen molar-refractivity contribution in [2.75, 3.05) is 11.4 Å². The molecule has 4 heterocycles. The number of hydrogen-bond acceptors (Lipinski definition) is 5. The zero-order valence-electron chi connectivity index (χ0n) is 16.7. The second-order valence-corrected chi connectivity index (χ2v) is 7.15. The third kappa shape index (κ3) is 3.35. The molecule has 0 aromatic carbocycles. The molecule has 4 aromatic heterocycles. The highest BCUT2D eigenvalue weighted by Crippen LogP contribution is 2.25. The molecule has 7 nitrogen and oxygen atoms in total. The highest BCUT2D eigenvalue weighted by atomic mass is 15.2. The van der Waals surface area contributed by atoms with Gasteiger partial charge in [-0.15, -0.1) is 0 Å². The number of fused-ring (bicyclic) bond motifs is 1. The largest absolute Gasteiger partial charge is 0.354 e. The van der Waals surface area contributed by atoms with Crippen molar-refractivity contribution in [2.24, 2.45) is 0 Å². The standard InChI is InChI=1S/C21H25N7/c1-5-27(14(2)3)19-9-8-16(11-24-19)20-26-18-7-6-10-22-21(18)28(20)13-17-12-23-15(4)25-17/h6-12,14H,5,13H2,1-4H3,(H,23,25). The van der Waals surface area contributed by atoms with E-state index in [1.165, 1.54) is 0 Å². The summed E-state index contributed by atoms with van der Waals surface area (Å²) in [5.74, 6) is 2.73. The van der Waals surface area contributed by atoms with Crippen molar-refractivity contribution in [3.05, 3.63) is 54.4 Å². The van der Waals surface area contributed by atoms with Crippen molar-refractivity contribution < 1.29 is 0 Å². The zero-order chi connectivity index (χ0) is 19.7. The molecule has 144 valence electrons. The second-order valence-electron chi connectivity index (χ2n) is 7.15. The molecule has 1 N–H and O–H groups in total. The van der Waals surface area contributed by atoms with Crippen LogP contribution < -0.4 is 4.90 Å². The SMILES string of the molecule is CCN(c1ccc(-c2nc3cccnc3n2Cc2cnc(C)[nH]2)cn1)C(C)C. The first-order valence-electron chi connectivity index (χ1n) is 9.61. The van der Waals surface area contributed by atoms with Gasteiger partial charge < -0.3 is 14.5 Å². The van der Waals surface area contributed by atoms with Crippen LogP contribution in [0.25, 0.3) is 22.6 Å². The molecule has 0 bridgehead atoms. The van der Waals surface area contributed by atoms with Gasteiger partial charge in [-0.25, -0.2) is 19.9 Å². The molecular formula is C21H25N7. The Labute approximate surface area is 164 Å². The van der Waals surface area contributed by atoms with Crippen molar-refractivity contribution in [2.45, 2.75) is 40.3 Å². The average Bonchev–Trinajstić information content (AvgIpc) is 3.27. The van der Waals surface area contributed by atoms with Gasteiger partial charge in [0.05, 0.1) is 18.4 Å². The van der Waals surface area contributed by atoms with Gasteiger partial charge in [-0.2, -0.15) is 0 Å². The summed E-state index contributed by atoms with van der Waals surface area (Å²) < 4.78 is 2.11. The second kappa shape index (κ2) is 7.42. The minimum Gasteiger partial charge on any atom is -0.354 e. The minimum atomic E-state index is 0.403. The summed E-state index contributed by atoms with van der Waals surface area (Å²) in [5.41, 5.74) is 3.71. The third-order valence-corrected chi connectivity index (χ3v) is 4.85. The van der Waals surface area contributed by atoms with Crippen LogP contribution in [0.4, 0.5) is 5.82 Å². The van der Waals surface area contributed by atoms with E-state index in [2.05, 4.69) is 57.3 Å². The van der Waals surface area contributed by atoms with E-state index in [9.17, 15) is 0 Å². The van der Waals surface area contributed by atoms with Crippen LogP contribution in [-0.2, 0) is 6.54 Å². The van der Waals surface area contributed by atoms with Gasteiger partial charge in [-0.05, 0) is 52.0 Å². The smallest absolute Gasteiger partial charge is 0.160 e. The first-order valence-corrected chi connectivity index (χ1v) is 9.61. The molecule has 0 aliphatic rings. The minimum absolute atomic E-state index is 0.403. The first kappa shape index (κ1) is 18.2. The van der Waals surface area contributed by atoms with Gasteiger partial charge >= 0.3 is 0 Å². The van der Waals surface area contributed by atoms with Crippen LogP contribution in [0.1, 0.15) is 32.3 Å². The van der Waals surface area contributed by atoms with Gasteiger partial charge in [0, 0.05) is 30.5 Å². The molecule has 4 aromatic rings. The molecule has 0 fully saturated rings. The van der Waals surface area contributed by atoms with E-state index in [0.29, 0.717) is 12.6 Å². The van der Waals surface area contributed by atoms with Gasteiger partial charge in [0.2, 0.25) is 0 Å². The van der Waals surface area contributed by atoms with Crippen molar-refractivity contribution >= 4 is 17.0 Å². The van der Waals surface area contributed by atoms with E-state index in [0.717, 1.165) is 46.4 Å². The molecule has 28 heavy (non-hydrogen) atoms. The molecule has 0 saturated carbocycles. The Morgan fingerprint density at radius 3 is 2.61 bits per heavy atom. The number of H-pyrrole nitrogens is 1. The van der Waals surface area contributed by atoms with E-state index in [4.69, 9.17) is 9.97 Å². The van der Waals surface area contributed by atoms with Gasteiger partial charge in [0.15, 0.2) is 5.65 Å². The Bertz CT molecular complexity index is 1080. The molecule has 4 rings (SSSR count). The molecule has 0 amide bonds. The van der Waals surface area contributed by atoms with Crippen molar-refractivity contribution in [3.63, 3.8) is 0 Å². The fourth-order valence-electron chi connectivity index (χ4n) is 3.53. The number of aryl methyl sites for hydroxylation is 1. The van der Waals surface area contributed by atoms with Gasteiger partial charge in [0.1, 0.15) is 23.0 Å². The van der Waals surface area contributed by atoms with Crippen LogP contribution >= 0.6 is 0 Å². The molecule has 0 atom stereocenters. The lowest BCUT2D eigenvalue weighted by molar-refractivity contribution is 0.693. The highest BCUT2D eigenvalue weighted by molar-refractivity contribution is 5.77. The topological polar surface area (TPSA) is 75.5 Å². The number of aromatic amines is 1. The van der Waals surface area contributed by atoms with Crippen molar-refractivity contribution in [3.8, 4) is 11.4 Å². The summed E-state index contributed by atoms with van der Waals surface area (Å²) in [4.78, 5) is 23.9. The van der Waals surface area contributed by atoms with Crippen LogP contribution in [0, 0.1) is 6.92 Å². The Balaban J connectivity index is 1.76. The first-order chi connectivity index (χ1) is 13.6. The molecule has 0 unspecified atom stereocenters. The lowest BCUT2D eigenvalue weighted by Gasteiger charge is -2.26. The molecule has 0 spiro atoms. The van der Waals surface area contributed by atoms with Crippen molar-refractivity contribution in [1.29, 1.82) is 0 Å². The highest BCUT2D eigenvalue weighted by Gasteiger charge is 2.16. The van der Waals surface area contributed by atoms with Crippen molar-refractivity contribution in [1.82, 2.24) is 29.5 Å². The van der Waals surface area contributed by atoms with Gasteiger partial charge in [-0.3, -0.25) is 0 Å². The number of pyridine rings is 2. The maximum atomic E-state index is 4.83. The lowest BCUT2D eigenvalue weighted by Crippen LogP contribution is -2.30. The van der Waals surface area contributed by atoms with Crippen LogP contribution in [0.15, 0.2) is 42.9 Å². The summed E-state index contributed by atoms with van der Waals surface area (Å²) in [6, 6.07) is 8.45. The van der Waals surface area contributed by atoms with E-state index < -0.39 is 0 Å². The summed E-state index contributed by atoms with van der Waals surface area (Å²) in [5, 5.41) is 0. The Morgan fingerprint density at radius 2 is 1.96 bits per heavy atom. The quantitative estimate of drug-likeness (QED) is 0.555. The van der Waals surface area contributed by atoms with Crippen LogP contribution in [0.3, 0.4) is 0 Å². The third-order valence-electron chi connectivity index (χ3n) is 4.85. The fraction of sp³-hybridized carbons (Fsp3) is 0.333. The number of nitrogens with zero attached hydrogens (tertiary/aromatic N) is 6. The van der Waals surface area contributed by atoms with Crippen LogP contribution in [0.5, 0.6) is 0 Å². The van der Waals surface area contributed by atoms with Gasteiger partial charge in [0.25, 0.3) is 0 Å². The number of nitrogens with one attached hydrogen (secondary N) is 1. The summed E-state index contributed by atoms with van der Waals surface area (Å²) in [6.07, 6.45) is 5.55. The Morgan fingerprint density at radius 1 is 1.11 bits per heavy atom. The molecular weight excluding hydrogens is 350 g/mol. The van der Waals surface area contributed by atoms with E-state index in [1.807, 2.05) is 31.5 Å². The summed E-state index contributed by atoms with van der Waals surface area (Å²) >= 11 is 0. The molecule has 7 heteroatoms. The predicted octanol–water partition coefficient (Wildman–Crippen LogP) is 3.81. The van der Waals surface area contributed by atoms with E-state index in [1.54, 1.807) is 6.20 Å². The number of imidazole rings is 2. The van der Waals surface area contributed by atoms with Gasteiger partial charge in [-0.1, -0.05) is 0 Å². The Hall–Kier alpha value is -3.22. The van der Waals surface area contributed by atoms with E-state index in [-0.39, 0.29) is 0 Å². The fourth-order valence-corrected chi connectivity index (χ4v) is 3.53. The summed E-state index contributed by atoms with van der Waals surface area (Å²) in [7, 11) is 0. The molecule has 0 radical (unpaired) electrons. The maximum absolute atomic E-state index is 4.83. The zero-order valence-corrected chi connectivity index (χ0v) is 16.7. The average molecular weight is 375 g/mol. The molecule has 0 saturated heterocycles. The lowest BCUT2D eigenvalue weighted by atomic mass is 10.2. The molecule has 0 aliphatic carbocycles.